The number of rotatable bonds is 15. The first-order valence-electron chi connectivity index (χ1n) is 11.3. The molecule has 0 aromatic rings. The summed E-state index contributed by atoms with van der Waals surface area (Å²) in [5, 5.41) is 19.1. The molecule has 1 rings (SSSR count). The Morgan fingerprint density at radius 2 is 1.66 bits per heavy atom. The van der Waals surface area contributed by atoms with Crippen LogP contribution < -0.4 is 0 Å². The van der Waals surface area contributed by atoms with E-state index in [1.165, 1.54) is 0 Å². The van der Waals surface area contributed by atoms with Crippen molar-refractivity contribution in [3.8, 4) is 0 Å². The Morgan fingerprint density at radius 1 is 1.03 bits per heavy atom. The van der Waals surface area contributed by atoms with Crippen LogP contribution in [0.4, 0.5) is 0 Å². The number of aliphatic hydroxyl groups is 1. The van der Waals surface area contributed by atoms with Gasteiger partial charge in [0.15, 0.2) is 5.78 Å². The van der Waals surface area contributed by atoms with Crippen LogP contribution in [-0.2, 0) is 14.4 Å². The lowest BCUT2D eigenvalue weighted by molar-refractivity contribution is -0.138. The van der Waals surface area contributed by atoms with Crippen molar-refractivity contribution in [1.82, 2.24) is 4.90 Å². The van der Waals surface area contributed by atoms with Crippen molar-refractivity contribution in [2.24, 2.45) is 5.41 Å². The average molecular weight is 412 g/mol. The highest BCUT2D eigenvalue weighted by Gasteiger charge is 2.52. The molecule has 2 atom stereocenters. The molecule has 0 bridgehead atoms. The number of nitrogens with zero attached hydrogens (tertiary/aromatic N) is 1. The molecule has 6 nitrogen and oxygen atoms in total. The smallest absolute Gasteiger partial charge is 0.303 e. The summed E-state index contributed by atoms with van der Waals surface area (Å²) in [5.41, 5.74) is -1.62. The first kappa shape index (κ1) is 25.6. The number of aliphatic carboxylic acids is 1. The van der Waals surface area contributed by atoms with E-state index >= 15 is 0 Å². The standard InChI is InChI=1S/C23H41NO5/c1-5-6-15-23(4,29)16-11-12-17-24-18(20(27)22(2,3)21(24)28)13-9-7-8-10-14-19(25)26/h18,29H,5-17H2,1-4H3,(H,25,26). The Hall–Kier alpha value is -1.43. The lowest BCUT2D eigenvalue weighted by Crippen LogP contribution is -2.37. The second-order valence-corrected chi connectivity index (χ2v) is 9.41. The van der Waals surface area contributed by atoms with Crippen LogP contribution in [0.15, 0.2) is 0 Å². The summed E-state index contributed by atoms with van der Waals surface area (Å²) < 4.78 is 0. The number of ketones is 1. The molecule has 168 valence electrons. The summed E-state index contributed by atoms with van der Waals surface area (Å²) >= 11 is 0. The number of likely N-dealkylation sites (tertiary alicyclic amines) is 1. The lowest BCUT2D eigenvalue weighted by Gasteiger charge is -2.26. The van der Waals surface area contributed by atoms with E-state index in [4.69, 9.17) is 5.11 Å². The Kier molecular flexibility index (Phi) is 10.3. The van der Waals surface area contributed by atoms with Gasteiger partial charge in [-0.25, -0.2) is 0 Å². The molecule has 1 heterocycles. The molecular formula is C23H41NO5. The van der Waals surface area contributed by atoms with E-state index in [1.54, 1.807) is 18.7 Å². The quantitative estimate of drug-likeness (QED) is 0.309. The molecule has 0 radical (unpaired) electrons. The minimum absolute atomic E-state index is 0.00276. The fourth-order valence-electron chi connectivity index (χ4n) is 4.15. The topological polar surface area (TPSA) is 94.9 Å². The predicted molar refractivity (Wildman–Crippen MR) is 114 cm³/mol. The van der Waals surface area contributed by atoms with Crippen molar-refractivity contribution in [2.75, 3.05) is 6.54 Å². The molecule has 1 fully saturated rings. The van der Waals surface area contributed by atoms with E-state index in [0.29, 0.717) is 25.8 Å². The number of Topliss-reactive ketones (excluding diaryl/α,β-unsaturated/α-hetero) is 1. The molecule has 0 aromatic carbocycles. The van der Waals surface area contributed by atoms with Crippen molar-refractivity contribution in [2.45, 2.75) is 116 Å². The lowest BCUT2D eigenvalue weighted by atomic mass is 9.87. The van der Waals surface area contributed by atoms with Crippen LogP contribution in [0.25, 0.3) is 0 Å². The third-order valence-corrected chi connectivity index (χ3v) is 6.14. The fourth-order valence-corrected chi connectivity index (χ4v) is 4.15. The van der Waals surface area contributed by atoms with Crippen LogP contribution in [0.5, 0.6) is 0 Å². The van der Waals surface area contributed by atoms with Crippen LogP contribution in [0.2, 0.25) is 0 Å². The highest BCUT2D eigenvalue weighted by molar-refractivity contribution is 6.13. The summed E-state index contributed by atoms with van der Waals surface area (Å²) in [6, 6.07) is -0.363. The maximum atomic E-state index is 12.8. The summed E-state index contributed by atoms with van der Waals surface area (Å²) in [6.07, 6.45) is 9.20. The third kappa shape index (κ3) is 8.07. The molecule has 0 saturated carbocycles. The molecule has 29 heavy (non-hydrogen) atoms. The molecule has 2 N–H and O–H groups in total. The van der Waals surface area contributed by atoms with Gasteiger partial charge in [-0.15, -0.1) is 0 Å². The van der Waals surface area contributed by atoms with Crippen LogP contribution in [-0.4, -0.2) is 51.0 Å². The zero-order valence-corrected chi connectivity index (χ0v) is 18.8. The Balaban J connectivity index is 2.50. The number of carbonyl (C=O) groups excluding carboxylic acids is 2. The van der Waals surface area contributed by atoms with E-state index < -0.39 is 17.0 Å². The second kappa shape index (κ2) is 11.7. The molecule has 1 aliphatic heterocycles. The highest BCUT2D eigenvalue weighted by atomic mass is 16.4. The van der Waals surface area contributed by atoms with Crippen molar-refractivity contribution >= 4 is 17.7 Å². The molecule has 0 spiro atoms. The fraction of sp³-hybridized carbons (Fsp3) is 0.870. The van der Waals surface area contributed by atoms with Crippen molar-refractivity contribution in [3.05, 3.63) is 0 Å². The van der Waals surface area contributed by atoms with Crippen LogP contribution >= 0.6 is 0 Å². The first-order valence-corrected chi connectivity index (χ1v) is 11.3. The second-order valence-electron chi connectivity index (χ2n) is 9.41. The predicted octanol–water partition coefficient (Wildman–Crippen LogP) is 4.33. The zero-order chi connectivity index (χ0) is 22.1. The number of unbranched alkanes of at least 4 members (excludes halogenated alkanes) is 5. The maximum Gasteiger partial charge on any atom is 0.303 e. The van der Waals surface area contributed by atoms with E-state index in [2.05, 4.69) is 6.92 Å². The van der Waals surface area contributed by atoms with Crippen LogP contribution in [0.3, 0.4) is 0 Å². The van der Waals surface area contributed by atoms with E-state index in [-0.39, 0.29) is 24.2 Å². The van der Waals surface area contributed by atoms with E-state index in [0.717, 1.165) is 51.4 Å². The van der Waals surface area contributed by atoms with Crippen LogP contribution in [0, 0.1) is 5.41 Å². The maximum absolute atomic E-state index is 12.8. The van der Waals surface area contributed by atoms with E-state index in [9.17, 15) is 19.5 Å². The monoisotopic (exact) mass is 411 g/mol. The molecule has 6 heteroatoms. The molecule has 1 saturated heterocycles. The SMILES string of the molecule is CCCCC(C)(O)CCCCN1C(=O)C(C)(C)C(=O)C1CCCCCCC(=O)O. The number of amides is 1. The molecule has 2 unspecified atom stereocenters. The van der Waals surface area contributed by atoms with Gasteiger partial charge >= 0.3 is 5.97 Å². The number of hydrogen-bond acceptors (Lipinski definition) is 4. The third-order valence-electron chi connectivity index (χ3n) is 6.14. The number of carboxylic acids is 1. The van der Waals surface area contributed by atoms with Gasteiger partial charge in [0.1, 0.15) is 5.41 Å². The largest absolute Gasteiger partial charge is 0.481 e. The molecule has 1 amide bonds. The van der Waals surface area contributed by atoms with Gasteiger partial charge in [0, 0.05) is 13.0 Å². The van der Waals surface area contributed by atoms with Gasteiger partial charge in [-0.1, -0.05) is 39.0 Å². The summed E-state index contributed by atoms with van der Waals surface area (Å²) in [4.78, 5) is 37.9. The number of carboxylic acid groups (broad SMARTS) is 1. The molecule has 0 aliphatic carbocycles. The number of carbonyl (C=O) groups is 3. The van der Waals surface area contributed by atoms with Gasteiger partial charge in [-0.3, -0.25) is 14.4 Å². The summed E-state index contributed by atoms with van der Waals surface area (Å²) in [6.45, 7) is 7.98. The van der Waals surface area contributed by atoms with E-state index in [1.807, 2.05) is 6.92 Å². The van der Waals surface area contributed by atoms with Gasteiger partial charge in [0.2, 0.25) is 5.91 Å². The molecule has 0 aromatic heterocycles. The number of hydrogen-bond donors (Lipinski definition) is 2. The average Bonchev–Trinajstić information content (AvgIpc) is 2.80. The van der Waals surface area contributed by atoms with Gasteiger partial charge < -0.3 is 15.1 Å². The Labute approximate surface area is 176 Å². The minimum Gasteiger partial charge on any atom is -0.481 e. The summed E-state index contributed by atoms with van der Waals surface area (Å²) in [5.74, 6) is -0.859. The van der Waals surface area contributed by atoms with Gasteiger partial charge in [0.05, 0.1) is 11.6 Å². The van der Waals surface area contributed by atoms with Gasteiger partial charge in [0.25, 0.3) is 0 Å². The molecule has 1 aliphatic rings. The molecular weight excluding hydrogens is 370 g/mol. The Morgan fingerprint density at radius 3 is 2.28 bits per heavy atom. The summed E-state index contributed by atoms with van der Waals surface area (Å²) in [7, 11) is 0. The van der Waals surface area contributed by atoms with Gasteiger partial charge in [-0.05, 0) is 59.3 Å². The first-order chi connectivity index (χ1) is 13.5. The van der Waals surface area contributed by atoms with Crippen molar-refractivity contribution in [1.29, 1.82) is 0 Å². The van der Waals surface area contributed by atoms with Crippen molar-refractivity contribution in [3.63, 3.8) is 0 Å². The normalized spacial score (nSPS) is 20.9. The van der Waals surface area contributed by atoms with Gasteiger partial charge in [-0.2, -0.15) is 0 Å². The van der Waals surface area contributed by atoms with Crippen LogP contribution in [0.1, 0.15) is 105 Å². The zero-order valence-electron chi connectivity index (χ0n) is 18.8. The van der Waals surface area contributed by atoms with Crippen molar-refractivity contribution < 1.29 is 24.6 Å². The highest BCUT2D eigenvalue weighted by Crippen LogP contribution is 2.35. The Bertz CT molecular complexity index is 555. The minimum atomic E-state index is -0.958.